The largest absolute Gasteiger partial charge is 0.748 e. The van der Waals surface area contributed by atoms with Gasteiger partial charge in [-0.25, -0.2) is 8.42 Å². The summed E-state index contributed by atoms with van der Waals surface area (Å²) in [4.78, 5) is 2.65. The average Bonchev–Trinajstić information content (AvgIpc) is 3.63. The van der Waals surface area contributed by atoms with E-state index >= 15 is 0 Å². The van der Waals surface area contributed by atoms with Crippen LogP contribution in [0.1, 0.15) is 232 Å². The first kappa shape index (κ1) is 57.1. The van der Waals surface area contributed by atoms with Gasteiger partial charge in [-0.05, 0) is 95.8 Å². The number of allylic oxidation sites excluding steroid dienone is 8. The van der Waals surface area contributed by atoms with E-state index in [0.717, 1.165) is 13.1 Å². The summed E-state index contributed by atoms with van der Waals surface area (Å²) in [6, 6.07) is 18.3. The molecule has 4 rings (SSSR count). The van der Waals surface area contributed by atoms with Crippen LogP contribution in [-0.4, -0.2) is 42.6 Å². The fraction of sp³-hybridized carbons (Fsp3) is 0.650. The Balaban J connectivity index is 0.00000219. The summed E-state index contributed by atoms with van der Waals surface area (Å²) in [7, 11) is -3.92. The Morgan fingerprint density at radius 2 is 0.955 bits per heavy atom. The zero-order valence-corrected chi connectivity index (χ0v) is 44.2. The van der Waals surface area contributed by atoms with Crippen molar-refractivity contribution in [2.45, 2.75) is 232 Å². The minimum Gasteiger partial charge on any atom is -0.748 e. The van der Waals surface area contributed by atoms with Crippen LogP contribution in [0.15, 0.2) is 96.8 Å². The lowest BCUT2D eigenvalue weighted by Gasteiger charge is -2.27. The highest BCUT2D eigenvalue weighted by molar-refractivity contribution is 7.84. The zero-order valence-electron chi connectivity index (χ0n) is 43.4. The molecule has 0 amide bonds. The third kappa shape index (κ3) is 21.4. The van der Waals surface area contributed by atoms with Crippen molar-refractivity contribution in [2.24, 2.45) is 0 Å². The molecule has 0 aromatic heterocycles. The number of hydrogen-bond donors (Lipinski definition) is 0. The monoisotopic (exact) mass is 925 g/mol. The summed E-state index contributed by atoms with van der Waals surface area (Å²) < 4.78 is 29.9. The van der Waals surface area contributed by atoms with Gasteiger partial charge in [-0.1, -0.05) is 204 Å². The standard InChI is InChI=1S/C59H93N2.CH4O3S/c1-7-9-11-13-15-17-19-21-23-25-27-29-31-33-35-41-50-60-54-46-39-37-44-52(54)58(3,4)56(60)48-43-49-57-59(5,6)53-45-38-40-47-55(53)61(57)51-42-36-34-32-30-28-26-24-22-20-18-16-14-12-10-8-2;1-5(2,3)4/h21-24,37-40,43-49H,7-20,25-36,41-42,50-51H2,1-6H3;1H3,(H,2,3,4)/q+1;/p-1/b23-21+,24-22+;. The van der Waals surface area contributed by atoms with Crippen molar-refractivity contribution in [2.75, 3.05) is 24.2 Å². The topological polar surface area (TPSA) is 63.5 Å². The highest BCUT2D eigenvalue weighted by atomic mass is 32.2. The number of benzene rings is 2. The van der Waals surface area contributed by atoms with Crippen molar-refractivity contribution >= 4 is 27.2 Å². The summed E-state index contributed by atoms with van der Waals surface area (Å²) in [5, 5.41) is 0. The molecule has 2 aliphatic rings. The predicted molar refractivity (Wildman–Crippen MR) is 288 cm³/mol. The van der Waals surface area contributed by atoms with Gasteiger partial charge in [-0.3, -0.25) is 0 Å². The molecule has 2 aromatic carbocycles. The summed E-state index contributed by atoms with van der Waals surface area (Å²) >= 11 is 0. The second-order valence-corrected chi connectivity index (χ2v) is 21.9. The maximum absolute atomic E-state index is 9.08. The first-order chi connectivity index (χ1) is 31.8. The molecule has 0 N–H and O–H groups in total. The first-order valence-electron chi connectivity index (χ1n) is 27.0. The quantitative estimate of drug-likeness (QED) is 0.0304. The highest BCUT2D eigenvalue weighted by Gasteiger charge is 2.44. The van der Waals surface area contributed by atoms with Crippen LogP contribution in [0.5, 0.6) is 0 Å². The summed E-state index contributed by atoms with van der Waals surface area (Å²) in [5.41, 5.74) is 8.56. The van der Waals surface area contributed by atoms with Gasteiger partial charge in [0, 0.05) is 53.7 Å². The summed E-state index contributed by atoms with van der Waals surface area (Å²) in [6.07, 6.45) is 55.4. The van der Waals surface area contributed by atoms with Crippen molar-refractivity contribution in [1.29, 1.82) is 0 Å². The molecular weight excluding hydrogens is 829 g/mol. The van der Waals surface area contributed by atoms with E-state index in [-0.39, 0.29) is 10.8 Å². The first-order valence-corrected chi connectivity index (χ1v) is 28.9. The molecular formula is C60H96N2O3S. The number of fused-ring (bicyclic) bond motifs is 2. The fourth-order valence-corrected chi connectivity index (χ4v) is 10.0. The molecule has 2 heterocycles. The Hall–Kier alpha value is -3.22. The van der Waals surface area contributed by atoms with E-state index in [1.807, 2.05) is 0 Å². The van der Waals surface area contributed by atoms with Gasteiger partial charge in [-0.15, -0.1) is 0 Å². The van der Waals surface area contributed by atoms with Gasteiger partial charge in [-0.2, -0.15) is 4.58 Å². The zero-order chi connectivity index (χ0) is 47.9. The maximum atomic E-state index is 9.08. The molecule has 0 bridgehead atoms. The van der Waals surface area contributed by atoms with E-state index in [1.54, 1.807) is 0 Å². The van der Waals surface area contributed by atoms with Gasteiger partial charge >= 0.3 is 0 Å². The molecule has 0 radical (unpaired) electrons. The van der Waals surface area contributed by atoms with Gasteiger partial charge in [0.05, 0.1) is 15.5 Å². The molecule has 2 aromatic rings. The minimum absolute atomic E-state index is 0.0220. The van der Waals surface area contributed by atoms with Crippen LogP contribution in [-0.2, 0) is 20.9 Å². The lowest BCUT2D eigenvalue weighted by molar-refractivity contribution is -0.438. The predicted octanol–water partition coefficient (Wildman–Crippen LogP) is 17.5. The molecule has 0 spiro atoms. The van der Waals surface area contributed by atoms with Crippen molar-refractivity contribution in [1.82, 2.24) is 0 Å². The van der Waals surface area contributed by atoms with Crippen molar-refractivity contribution in [3.05, 3.63) is 108 Å². The third-order valence-electron chi connectivity index (χ3n) is 13.9. The van der Waals surface area contributed by atoms with E-state index in [2.05, 4.69) is 142 Å². The number of anilines is 1. The van der Waals surface area contributed by atoms with Gasteiger partial charge in [0.2, 0.25) is 5.69 Å². The molecule has 0 atom stereocenters. The van der Waals surface area contributed by atoms with Gasteiger partial charge in [0.15, 0.2) is 5.71 Å². The Morgan fingerprint density at radius 1 is 0.545 bits per heavy atom. The van der Waals surface area contributed by atoms with Crippen molar-refractivity contribution in [3.63, 3.8) is 0 Å². The van der Waals surface area contributed by atoms with Gasteiger partial charge in [0.1, 0.15) is 6.54 Å². The molecule has 0 unspecified atom stereocenters. The van der Waals surface area contributed by atoms with Gasteiger partial charge < -0.3 is 9.45 Å². The Labute approximate surface area is 407 Å². The second-order valence-electron chi connectivity index (χ2n) is 20.5. The lowest BCUT2D eigenvalue weighted by atomic mass is 9.81. The van der Waals surface area contributed by atoms with E-state index in [1.165, 1.54) is 214 Å². The smallest absolute Gasteiger partial charge is 0.209 e. The molecule has 0 saturated carbocycles. The number of unbranched alkanes of at least 4 members (excludes halogenated alkanes) is 24. The van der Waals surface area contributed by atoms with Gasteiger partial charge in [0.25, 0.3) is 0 Å². The molecule has 0 aliphatic carbocycles. The molecule has 2 aliphatic heterocycles. The number of nitrogens with zero attached hydrogens (tertiary/aromatic N) is 2. The molecule has 66 heavy (non-hydrogen) atoms. The molecule has 0 fully saturated rings. The molecule has 0 saturated heterocycles. The Morgan fingerprint density at radius 3 is 1.45 bits per heavy atom. The van der Waals surface area contributed by atoms with Crippen LogP contribution in [0.2, 0.25) is 0 Å². The average molecular weight is 926 g/mol. The van der Waals surface area contributed by atoms with E-state index in [0.29, 0.717) is 6.26 Å². The summed E-state index contributed by atoms with van der Waals surface area (Å²) in [6.45, 7) is 16.5. The number of para-hydroxylation sites is 2. The van der Waals surface area contributed by atoms with Crippen LogP contribution < -0.4 is 4.90 Å². The number of hydrogen-bond acceptors (Lipinski definition) is 4. The van der Waals surface area contributed by atoms with Crippen molar-refractivity contribution in [3.8, 4) is 0 Å². The van der Waals surface area contributed by atoms with E-state index < -0.39 is 10.1 Å². The Bertz CT molecular complexity index is 1890. The normalized spacial score (nSPS) is 16.0. The van der Waals surface area contributed by atoms with Crippen LogP contribution in [0.25, 0.3) is 0 Å². The third-order valence-corrected chi connectivity index (χ3v) is 13.9. The lowest BCUT2D eigenvalue weighted by Crippen LogP contribution is -2.28. The molecule has 6 heteroatoms. The van der Waals surface area contributed by atoms with E-state index in [9.17, 15) is 0 Å². The van der Waals surface area contributed by atoms with Crippen molar-refractivity contribution < 1.29 is 17.5 Å². The van der Waals surface area contributed by atoms with Crippen LogP contribution in [0.4, 0.5) is 11.4 Å². The Kier molecular flexibility index (Phi) is 28.1. The second kappa shape index (κ2) is 32.5. The van der Waals surface area contributed by atoms with Crippen LogP contribution in [0.3, 0.4) is 0 Å². The van der Waals surface area contributed by atoms with Crippen LogP contribution in [0, 0.1) is 0 Å². The summed E-state index contributed by atoms with van der Waals surface area (Å²) in [5.74, 6) is 0. The van der Waals surface area contributed by atoms with E-state index in [4.69, 9.17) is 13.0 Å². The van der Waals surface area contributed by atoms with Crippen LogP contribution >= 0.6 is 0 Å². The SMILES string of the molecule is CCCCCCCC/C=C/CCCCCCCCN1/C(=C\C=C\C2=[N+](CCCCCCCC/C=C/CCCCCCCC)c3ccccc3C2(C)C)C(C)(C)c2ccccc21.CS(=O)(=O)[O-]. The minimum atomic E-state index is -3.92. The molecule has 5 nitrogen and oxygen atoms in total. The molecule has 370 valence electrons. The number of rotatable bonds is 34. The fourth-order valence-electron chi connectivity index (χ4n) is 10.0. The maximum Gasteiger partial charge on any atom is 0.209 e. The highest BCUT2D eigenvalue weighted by Crippen LogP contribution is 2.48.